The number of rotatable bonds is 1. The molecule has 0 radical (unpaired) electrons. The van der Waals surface area contributed by atoms with Gasteiger partial charge in [0, 0.05) is 5.69 Å². The van der Waals surface area contributed by atoms with Gasteiger partial charge in [-0.05, 0) is 42.7 Å². The van der Waals surface area contributed by atoms with Crippen LogP contribution in [0.1, 0.15) is 28.3 Å². The molecule has 2 nitrogen and oxygen atoms in total. The second kappa shape index (κ2) is 4.19. The molecule has 0 bridgehead atoms. The Morgan fingerprint density at radius 2 is 1.94 bits per heavy atom. The van der Waals surface area contributed by atoms with E-state index in [9.17, 15) is 0 Å². The summed E-state index contributed by atoms with van der Waals surface area (Å²) in [6, 6.07) is 17.0. The molecule has 2 aromatic carbocycles. The average molecular weight is 234 g/mol. The van der Waals surface area contributed by atoms with E-state index >= 15 is 0 Å². The lowest BCUT2D eigenvalue weighted by Gasteiger charge is -2.11. The van der Waals surface area contributed by atoms with E-state index in [1.165, 1.54) is 16.7 Å². The highest BCUT2D eigenvalue weighted by Crippen LogP contribution is 2.34. The van der Waals surface area contributed by atoms with Crippen molar-refractivity contribution >= 4 is 5.69 Å². The first-order valence-electron chi connectivity index (χ1n) is 6.12. The van der Waals surface area contributed by atoms with Gasteiger partial charge in [0.2, 0.25) is 0 Å². The minimum Gasteiger partial charge on any atom is -0.378 e. The van der Waals surface area contributed by atoms with Crippen LogP contribution < -0.4 is 5.32 Å². The Balaban J connectivity index is 1.89. The molecular formula is C16H14N2. The lowest BCUT2D eigenvalue weighted by Crippen LogP contribution is -2.05. The van der Waals surface area contributed by atoms with E-state index in [1.807, 2.05) is 18.2 Å². The molecule has 88 valence electrons. The maximum absolute atomic E-state index is 8.91. The summed E-state index contributed by atoms with van der Waals surface area (Å²) in [4.78, 5) is 0. The second-order valence-corrected chi connectivity index (χ2v) is 4.80. The van der Waals surface area contributed by atoms with E-state index in [-0.39, 0.29) is 0 Å². The molecule has 0 fully saturated rings. The molecule has 2 heteroatoms. The normalized spacial score (nSPS) is 16.8. The summed E-state index contributed by atoms with van der Waals surface area (Å²) in [5, 5.41) is 12.4. The van der Waals surface area contributed by atoms with Gasteiger partial charge in [-0.15, -0.1) is 0 Å². The lowest BCUT2D eigenvalue weighted by atomic mass is 10.0. The largest absolute Gasteiger partial charge is 0.378 e. The fourth-order valence-corrected chi connectivity index (χ4v) is 2.43. The Bertz CT molecular complexity index is 621. The number of anilines is 1. The lowest BCUT2D eigenvalue weighted by molar-refractivity contribution is 0.823. The number of hydrogen-bond acceptors (Lipinski definition) is 2. The summed E-state index contributed by atoms with van der Waals surface area (Å²) in [5.41, 5.74) is 5.70. The minimum atomic E-state index is 0.328. The number of aryl methyl sites for hydroxylation is 1. The first-order chi connectivity index (χ1) is 8.76. The number of nitrogens with one attached hydrogen (secondary N) is 1. The smallest absolute Gasteiger partial charge is 0.0991 e. The average Bonchev–Trinajstić information content (AvgIpc) is 2.82. The SMILES string of the molecule is Cc1ccc(C2Cc3cc(C#N)ccc3N2)cc1. The third-order valence-electron chi connectivity index (χ3n) is 3.47. The van der Waals surface area contributed by atoms with Crippen molar-refractivity contribution in [2.45, 2.75) is 19.4 Å². The minimum absolute atomic E-state index is 0.328. The monoisotopic (exact) mass is 234 g/mol. The molecule has 0 amide bonds. The highest BCUT2D eigenvalue weighted by atomic mass is 14.9. The number of nitrogens with zero attached hydrogens (tertiary/aromatic N) is 1. The molecular weight excluding hydrogens is 220 g/mol. The van der Waals surface area contributed by atoms with Crippen molar-refractivity contribution in [1.82, 2.24) is 0 Å². The van der Waals surface area contributed by atoms with Gasteiger partial charge in [0.1, 0.15) is 0 Å². The summed E-state index contributed by atoms with van der Waals surface area (Å²) in [7, 11) is 0. The zero-order valence-corrected chi connectivity index (χ0v) is 10.3. The van der Waals surface area contributed by atoms with Crippen LogP contribution in [0.2, 0.25) is 0 Å². The van der Waals surface area contributed by atoms with Crippen molar-refractivity contribution in [3.63, 3.8) is 0 Å². The third-order valence-corrected chi connectivity index (χ3v) is 3.47. The summed E-state index contributed by atoms with van der Waals surface area (Å²) in [5.74, 6) is 0. The maximum atomic E-state index is 8.91. The van der Waals surface area contributed by atoms with E-state index in [4.69, 9.17) is 5.26 Å². The number of hydrogen-bond donors (Lipinski definition) is 1. The molecule has 0 saturated carbocycles. The zero-order valence-electron chi connectivity index (χ0n) is 10.3. The molecule has 1 heterocycles. The summed E-state index contributed by atoms with van der Waals surface area (Å²) < 4.78 is 0. The van der Waals surface area contributed by atoms with Gasteiger partial charge in [-0.25, -0.2) is 0 Å². The second-order valence-electron chi connectivity index (χ2n) is 4.80. The molecule has 1 aliphatic rings. The molecule has 0 saturated heterocycles. The molecule has 1 unspecified atom stereocenters. The van der Waals surface area contributed by atoms with Crippen molar-refractivity contribution in [2.75, 3.05) is 5.32 Å². The van der Waals surface area contributed by atoms with Gasteiger partial charge in [0.25, 0.3) is 0 Å². The van der Waals surface area contributed by atoms with E-state index in [1.54, 1.807) is 0 Å². The topological polar surface area (TPSA) is 35.8 Å². The highest BCUT2D eigenvalue weighted by Gasteiger charge is 2.21. The molecule has 18 heavy (non-hydrogen) atoms. The van der Waals surface area contributed by atoms with E-state index < -0.39 is 0 Å². The maximum Gasteiger partial charge on any atom is 0.0991 e. The van der Waals surface area contributed by atoms with Crippen LogP contribution in [0.25, 0.3) is 0 Å². The summed E-state index contributed by atoms with van der Waals surface area (Å²) in [6.45, 7) is 2.10. The first kappa shape index (κ1) is 10.9. The van der Waals surface area contributed by atoms with Crippen LogP contribution in [0.15, 0.2) is 42.5 Å². The Morgan fingerprint density at radius 1 is 1.17 bits per heavy atom. The molecule has 1 atom stereocenters. The highest BCUT2D eigenvalue weighted by molar-refractivity contribution is 5.60. The Morgan fingerprint density at radius 3 is 2.67 bits per heavy atom. The van der Waals surface area contributed by atoms with Crippen LogP contribution in [-0.2, 0) is 6.42 Å². The van der Waals surface area contributed by atoms with Gasteiger partial charge in [0.15, 0.2) is 0 Å². The zero-order chi connectivity index (χ0) is 12.5. The fourth-order valence-electron chi connectivity index (χ4n) is 2.43. The van der Waals surface area contributed by atoms with Gasteiger partial charge in [-0.3, -0.25) is 0 Å². The molecule has 0 spiro atoms. The van der Waals surface area contributed by atoms with Crippen LogP contribution in [0, 0.1) is 18.3 Å². The van der Waals surface area contributed by atoms with Crippen LogP contribution >= 0.6 is 0 Å². The summed E-state index contributed by atoms with van der Waals surface area (Å²) >= 11 is 0. The molecule has 0 aromatic heterocycles. The molecule has 0 aliphatic carbocycles. The summed E-state index contributed by atoms with van der Waals surface area (Å²) in [6.07, 6.45) is 0.952. The van der Waals surface area contributed by atoms with Crippen molar-refractivity contribution in [2.24, 2.45) is 0 Å². The van der Waals surface area contributed by atoms with Crippen LogP contribution in [0.3, 0.4) is 0 Å². The molecule has 1 aliphatic heterocycles. The standard InChI is InChI=1S/C16H14N2/c1-11-2-5-13(6-3-11)16-9-14-8-12(10-17)4-7-15(14)18-16/h2-8,16,18H,9H2,1H3. The van der Waals surface area contributed by atoms with Gasteiger partial charge < -0.3 is 5.32 Å². The van der Waals surface area contributed by atoms with Crippen molar-refractivity contribution in [3.05, 3.63) is 64.7 Å². The van der Waals surface area contributed by atoms with Crippen molar-refractivity contribution < 1.29 is 0 Å². The molecule has 2 aromatic rings. The number of benzene rings is 2. The predicted molar refractivity (Wildman–Crippen MR) is 72.4 cm³/mol. The number of fused-ring (bicyclic) bond motifs is 1. The predicted octanol–water partition coefficient (Wildman–Crippen LogP) is 3.58. The van der Waals surface area contributed by atoms with Crippen molar-refractivity contribution in [1.29, 1.82) is 5.26 Å². The van der Waals surface area contributed by atoms with Crippen LogP contribution in [0.4, 0.5) is 5.69 Å². The van der Waals surface area contributed by atoms with E-state index in [2.05, 4.69) is 42.6 Å². The van der Waals surface area contributed by atoms with Crippen LogP contribution in [0.5, 0.6) is 0 Å². The van der Waals surface area contributed by atoms with E-state index in [0.717, 1.165) is 17.7 Å². The van der Waals surface area contributed by atoms with Gasteiger partial charge >= 0.3 is 0 Å². The Kier molecular flexibility index (Phi) is 2.53. The Labute approximate surface area is 107 Å². The quantitative estimate of drug-likeness (QED) is 0.818. The van der Waals surface area contributed by atoms with Gasteiger partial charge in [-0.1, -0.05) is 29.8 Å². The van der Waals surface area contributed by atoms with Gasteiger partial charge in [-0.2, -0.15) is 5.26 Å². The van der Waals surface area contributed by atoms with Crippen LogP contribution in [-0.4, -0.2) is 0 Å². The van der Waals surface area contributed by atoms with E-state index in [0.29, 0.717) is 6.04 Å². The Hall–Kier alpha value is -2.27. The first-order valence-corrected chi connectivity index (χ1v) is 6.12. The molecule has 3 rings (SSSR count). The van der Waals surface area contributed by atoms with Gasteiger partial charge in [0.05, 0.1) is 17.7 Å². The third kappa shape index (κ3) is 1.84. The fraction of sp³-hybridized carbons (Fsp3) is 0.188. The number of nitriles is 1. The van der Waals surface area contributed by atoms with Crippen molar-refractivity contribution in [3.8, 4) is 6.07 Å². The molecule has 1 N–H and O–H groups in total.